The zero-order valence-corrected chi connectivity index (χ0v) is 19.4. The van der Waals surface area contributed by atoms with Crippen molar-refractivity contribution in [1.82, 2.24) is 19.9 Å². The number of aromatic nitrogens is 3. The number of carbonyl (C=O) groups excluding carboxylic acids is 2. The van der Waals surface area contributed by atoms with E-state index in [1.54, 1.807) is 12.3 Å². The molecule has 1 aromatic carbocycles. The first-order valence-corrected chi connectivity index (χ1v) is 11.3. The summed E-state index contributed by atoms with van der Waals surface area (Å²) in [7, 11) is 3.90. The molecule has 1 aliphatic carbocycles. The first-order valence-electron chi connectivity index (χ1n) is 11.3. The fraction of sp³-hybridized carbons (Fsp3) is 0.320. The van der Waals surface area contributed by atoms with E-state index in [0.29, 0.717) is 23.8 Å². The topological polar surface area (TPSA) is 109 Å². The average molecular weight is 461 g/mol. The van der Waals surface area contributed by atoms with Crippen molar-refractivity contribution in [2.45, 2.75) is 25.7 Å². The van der Waals surface area contributed by atoms with Gasteiger partial charge in [-0.1, -0.05) is 12.1 Å². The maximum absolute atomic E-state index is 12.3. The Kier molecular flexibility index (Phi) is 7.44. The van der Waals surface area contributed by atoms with E-state index in [1.807, 2.05) is 31.1 Å². The number of hydrogen-bond donors (Lipinski definition) is 2. The number of nitrogens with one attached hydrogen (secondary N) is 2. The number of carbonyl (C=O) groups is 2. The summed E-state index contributed by atoms with van der Waals surface area (Å²) in [6.07, 6.45) is 9.31. The minimum absolute atomic E-state index is 0.301. The van der Waals surface area contributed by atoms with Crippen LogP contribution in [0.5, 0.6) is 0 Å². The normalized spacial score (nSPS) is 12.8. The molecule has 0 aliphatic heterocycles. The number of anilines is 3. The van der Waals surface area contributed by atoms with E-state index in [-0.39, 0.29) is 0 Å². The van der Waals surface area contributed by atoms with E-state index in [1.165, 1.54) is 17.5 Å². The zero-order chi connectivity index (χ0) is 23.9. The van der Waals surface area contributed by atoms with Crippen LogP contribution in [0.4, 0.5) is 17.3 Å². The molecule has 1 aliphatic rings. The van der Waals surface area contributed by atoms with Crippen molar-refractivity contribution in [3.63, 3.8) is 0 Å². The number of amides is 1. The molecule has 0 saturated carbocycles. The van der Waals surface area contributed by atoms with Gasteiger partial charge >= 0.3 is 5.97 Å². The van der Waals surface area contributed by atoms with Gasteiger partial charge in [-0.15, -0.1) is 0 Å². The highest BCUT2D eigenvalue weighted by atomic mass is 16.5. The Hall–Kier alpha value is -3.85. The number of hydrogen-bond acceptors (Lipinski definition) is 8. The van der Waals surface area contributed by atoms with Crippen LogP contribution in [-0.2, 0) is 27.2 Å². The molecule has 176 valence electrons. The van der Waals surface area contributed by atoms with Crippen molar-refractivity contribution < 1.29 is 14.3 Å². The first kappa shape index (κ1) is 23.3. The molecule has 34 heavy (non-hydrogen) atoms. The Morgan fingerprint density at radius 1 is 1.15 bits per heavy atom. The third-order valence-electron chi connectivity index (χ3n) is 5.54. The van der Waals surface area contributed by atoms with Gasteiger partial charge in [-0.3, -0.25) is 4.79 Å². The monoisotopic (exact) mass is 460 g/mol. The van der Waals surface area contributed by atoms with E-state index < -0.39 is 11.9 Å². The number of ether oxygens (including phenoxy) is 1. The molecule has 0 bridgehead atoms. The average Bonchev–Trinajstić information content (AvgIpc) is 3.31. The SMILES string of the molecule is CN(C)CCCOC(=O)C=CC(=O)Nc1cc2c(Nc3cccc4c3CCC4)ncnc2cn1. The first-order chi connectivity index (χ1) is 16.5. The Morgan fingerprint density at radius 2 is 2.03 bits per heavy atom. The molecule has 3 aromatic rings. The van der Waals surface area contributed by atoms with Crippen LogP contribution >= 0.6 is 0 Å². The number of rotatable bonds is 9. The number of fused-ring (bicyclic) bond motifs is 2. The second-order valence-electron chi connectivity index (χ2n) is 8.38. The molecule has 2 N–H and O–H groups in total. The molecule has 0 fully saturated rings. The molecular weight excluding hydrogens is 432 g/mol. The van der Waals surface area contributed by atoms with Gasteiger partial charge in [-0.2, -0.15) is 0 Å². The van der Waals surface area contributed by atoms with Crippen molar-refractivity contribution >= 4 is 40.1 Å². The van der Waals surface area contributed by atoms with E-state index >= 15 is 0 Å². The van der Waals surface area contributed by atoms with Gasteiger partial charge < -0.3 is 20.3 Å². The summed E-state index contributed by atoms with van der Waals surface area (Å²) >= 11 is 0. The molecule has 0 unspecified atom stereocenters. The van der Waals surface area contributed by atoms with E-state index in [0.717, 1.165) is 55.5 Å². The lowest BCUT2D eigenvalue weighted by atomic mass is 10.1. The van der Waals surface area contributed by atoms with E-state index in [9.17, 15) is 9.59 Å². The van der Waals surface area contributed by atoms with Crippen LogP contribution < -0.4 is 10.6 Å². The van der Waals surface area contributed by atoms with Crippen LogP contribution in [-0.4, -0.2) is 59.0 Å². The van der Waals surface area contributed by atoms with Gasteiger partial charge in [0.05, 0.1) is 18.3 Å². The molecule has 0 radical (unpaired) electrons. The van der Waals surface area contributed by atoms with Gasteiger partial charge in [-0.25, -0.2) is 19.7 Å². The fourth-order valence-electron chi connectivity index (χ4n) is 3.90. The molecule has 0 saturated heterocycles. The zero-order valence-electron chi connectivity index (χ0n) is 19.4. The largest absolute Gasteiger partial charge is 0.462 e. The minimum Gasteiger partial charge on any atom is -0.462 e. The maximum atomic E-state index is 12.3. The van der Waals surface area contributed by atoms with Crippen LogP contribution in [0.3, 0.4) is 0 Å². The van der Waals surface area contributed by atoms with Crippen LogP contribution in [0, 0.1) is 0 Å². The molecular formula is C25H28N6O3. The van der Waals surface area contributed by atoms with E-state index in [2.05, 4.69) is 31.7 Å². The van der Waals surface area contributed by atoms with Gasteiger partial charge in [0.15, 0.2) is 0 Å². The predicted molar refractivity (Wildman–Crippen MR) is 131 cm³/mol. The Bertz CT molecular complexity index is 1220. The molecule has 0 spiro atoms. The Balaban J connectivity index is 1.43. The highest BCUT2D eigenvalue weighted by molar-refractivity contribution is 6.03. The smallest absolute Gasteiger partial charge is 0.330 e. The number of esters is 1. The highest BCUT2D eigenvalue weighted by Gasteiger charge is 2.16. The van der Waals surface area contributed by atoms with Gasteiger partial charge in [0.25, 0.3) is 0 Å². The third kappa shape index (κ3) is 5.93. The maximum Gasteiger partial charge on any atom is 0.330 e. The number of aryl methyl sites for hydroxylation is 1. The highest BCUT2D eigenvalue weighted by Crippen LogP contribution is 2.32. The number of pyridine rings is 1. The summed E-state index contributed by atoms with van der Waals surface area (Å²) in [6.45, 7) is 1.12. The Labute approximate surface area is 198 Å². The summed E-state index contributed by atoms with van der Waals surface area (Å²) in [5.41, 5.74) is 4.36. The van der Waals surface area contributed by atoms with Crippen LogP contribution in [0.2, 0.25) is 0 Å². The molecule has 4 rings (SSSR count). The van der Waals surface area contributed by atoms with Gasteiger partial charge in [0, 0.05) is 29.8 Å². The quantitative estimate of drug-likeness (QED) is 0.285. The summed E-state index contributed by atoms with van der Waals surface area (Å²) in [4.78, 5) is 39.0. The molecule has 0 atom stereocenters. The number of nitrogens with zero attached hydrogens (tertiary/aromatic N) is 4. The second kappa shape index (κ2) is 10.8. The van der Waals surface area contributed by atoms with Crippen molar-refractivity contribution in [3.05, 3.63) is 60.1 Å². The summed E-state index contributed by atoms with van der Waals surface area (Å²) < 4.78 is 5.08. The fourth-order valence-corrected chi connectivity index (χ4v) is 3.90. The Morgan fingerprint density at radius 3 is 2.88 bits per heavy atom. The predicted octanol–water partition coefficient (Wildman–Crippen LogP) is 3.25. The van der Waals surface area contributed by atoms with E-state index in [4.69, 9.17) is 4.74 Å². The van der Waals surface area contributed by atoms with Gasteiger partial charge in [0.1, 0.15) is 18.0 Å². The molecule has 9 nitrogen and oxygen atoms in total. The van der Waals surface area contributed by atoms with Crippen LogP contribution in [0.25, 0.3) is 10.9 Å². The van der Waals surface area contributed by atoms with Crippen LogP contribution in [0.15, 0.2) is 48.9 Å². The van der Waals surface area contributed by atoms with Crippen molar-refractivity contribution in [1.29, 1.82) is 0 Å². The summed E-state index contributed by atoms with van der Waals surface area (Å²) in [5.74, 6) is -0.0716. The lowest BCUT2D eigenvalue weighted by Crippen LogP contribution is -2.16. The summed E-state index contributed by atoms with van der Waals surface area (Å²) in [5, 5.41) is 6.83. The third-order valence-corrected chi connectivity index (χ3v) is 5.54. The van der Waals surface area contributed by atoms with Crippen LogP contribution in [0.1, 0.15) is 24.0 Å². The van der Waals surface area contributed by atoms with Crippen molar-refractivity contribution in [2.75, 3.05) is 37.9 Å². The number of benzene rings is 1. The molecule has 9 heteroatoms. The van der Waals surface area contributed by atoms with Gasteiger partial charge in [-0.05, 0) is 63.0 Å². The lowest BCUT2D eigenvalue weighted by Gasteiger charge is -2.12. The summed E-state index contributed by atoms with van der Waals surface area (Å²) in [6, 6.07) is 7.97. The van der Waals surface area contributed by atoms with Gasteiger partial charge in [0.2, 0.25) is 5.91 Å². The minimum atomic E-state index is -0.560. The van der Waals surface area contributed by atoms with Crippen molar-refractivity contribution in [2.24, 2.45) is 0 Å². The molecule has 2 heterocycles. The standard InChI is InChI=1S/C25H28N6O3/c1-31(2)12-5-13-34-24(33)11-10-23(32)30-22-14-19-21(15-26-22)27-16-28-25(19)29-20-9-4-7-17-6-3-8-18(17)20/h4,7,9-11,14-16H,3,5-6,8,12-13H2,1-2H3,(H,26,30,32)(H,27,28,29). The molecule has 1 amide bonds. The lowest BCUT2D eigenvalue weighted by molar-refractivity contribution is -0.138. The van der Waals surface area contributed by atoms with Crippen molar-refractivity contribution in [3.8, 4) is 0 Å². The molecule has 2 aromatic heterocycles. The second-order valence-corrected chi connectivity index (χ2v) is 8.38.